The lowest BCUT2D eigenvalue weighted by molar-refractivity contribution is 0.982. The SMILES string of the molecule is C1=CC(n2c3ccccc3c3cc(C4=C=c5cccc[nH]c6c(c5=C4)CC=C6)ccc32)=CC=1C(c1ccccc1)c1ccccc1. The highest BCUT2D eigenvalue weighted by atomic mass is 15.0. The first-order chi connectivity index (χ1) is 22.8. The number of nitrogens with one attached hydrogen (secondary N) is 1. The molecule has 0 saturated heterocycles. The first-order valence-corrected chi connectivity index (χ1v) is 15.9. The van der Waals surface area contributed by atoms with E-state index in [1.54, 1.807) is 0 Å². The fourth-order valence-corrected chi connectivity index (χ4v) is 7.20. The van der Waals surface area contributed by atoms with Crippen LogP contribution in [0.4, 0.5) is 0 Å². The summed E-state index contributed by atoms with van der Waals surface area (Å²) >= 11 is 0. The van der Waals surface area contributed by atoms with Gasteiger partial charge in [-0.2, -0.15) is 0 Å². The van der Waals surface area contributed by atoms with Crippen LogP contribution in [0.25, 0.3) is 51.0 Å². The second-order valence-corrected chi connectivity index (χ2v) is 12.0. The van der Waals surface area contributed by atoms with Crippen molar-refractivity contribution in [3.05, 3.63) is 195 Å². The molecule has 2 aromatic heterocycles. The second-order valence-electron chi connectivity index (χ2n) is 12.0. The van der Waals surface area contributed by atoms with E-state index in [0.29, 0.717) is 0 Å². The molecule has 9 rings (SSSR count). The van der Waals surface area contributed by atoms with Crippen LogP contribution in [0.5, 0.6) is 0 Å². The van der Waals surface area contributed by atoms with Gasteiger partial charge in [-0.15, -0.1) is 11.5 Å². The van der Waals surface area contributed by atoms with E-state index < -0.39 is 0 Å². The molecule has 0 atom stereocenters. The minimum Gasteiger partial charge on any atom is -0.361 e. The third-order valence-corrected chi connectivity index (χ3v) is 9.32. The van der Waals surface area contributed by atoms with Gasteiger partial charge in [-0.05, 0) is 82.5 Å². The van der Waals surface area contributed by atoms with Crippen molar-refractivity contribution in [1.82, 2.24) is 9.55 Å². The van der Waals surface area contributed by atoms with E-state index in [1.807, 2.05) is 12.3 Å². The third-order valence-electron chi connectivity index (χ3n) is 9.32. The highest BCUT2D eigenvalue weighted by molar-refractivity contribution is 6.12. The molecule has 0 amide bonds. The number of fused-ring (bicyclic) bond motifs is 6. The molecule has 0 bridgehead atoms. The molecule has 3 aliphatic carbocycles. The number of benzene rings is 4. The first kappa shape index (κ1) is 26.4. The summed E-state index contributed by atoms with van der Waals surface area (Å²) in [4.78, 5) is 3.44. The van der Waals surface area contributed by atoms with E-state index in [-0.39, 0.29) is 5.92 Å². The van der Waals surface area contributed by atoms with E-state index in [9.17, 15) is 0 Å². The molecule has 3 aliphatic rings. The molecule has 2 heteroatoms. The van der Waals surface area contributed by atoms with Crippen LogP contribution in [-0.4, -0.2) is 9.55 Å². The Bertz CT molecular complexity index is 2520. The van der Waals surface area contributed by atoms with Crippen LogP contribution in [0, 0.1) is 0 Å². The Balaban J connectivity index is 1.18. The average molecular weight is 587 g/mol. The zero-order valence-electron chi connectivity index (χ0n) is 25.2. The van der Waals surface area contributed by atoms with Crippen LogP contribution in [0.2, 0.25) is 0 Å². The topological polar surface area (TPSA) is 20.7 Å². The first-order valence-electron chi connectivity index (χ1n) is 15.9. The van der Waals surface area contributed by atoms with Crippen molar-refractivity contribution in [3.8, 4) is 0 Å². The Labute approximate surface area is 267 Å². The van der Waals surface area contributed by atoms with Gasteiger partial charge in [0.15, 0.2) is 0 Å². The van der Waals surface area contributed by atoms with Gasteiger partial charge in [-0.1, -0.05) is 97.1 Å². The molecule has 0 radical (unpaired) electrons. The predicted molar refractivity (Wildman–Crippen MR) is 192 cm³/mol. The van der Waals surface area contributed by atoms with Gasteiger partial charge in [0.25, 0.3) is 0 Å². The molecule has 1 N–H and O–H groups in total. The molecule has 0 fully saturated rings. The highest BCUT2D eigenvalue weighted by Gasteiger charge is 2.22. The fraction of sp³-hybridized carbons (Fsp3) is 0.0455. The third kappa shape index (κ3) is 4.37. The number of hydrogen-bond acceptors (Lipinski definition) is 0. The number of aromatic nitrogens is 2. The molecule has 2 nitrogen and oxygen atoms in total. The van der Waals surface area contributed by atoms with Crippen LogP contribution in [-0.2, 0) is 6.42 Å². The number of rotatable bonds is 5. The maximum atomic E-state index is 3.73. The van der Waals surface area contributed by atoms with Crippen molar-refractivity contribution in [1.29, 1.82) is 0 Å². The van der Waals surface area contributed by atoms with Crippen LogP contribution >= 0.6 is 0 Å². The second kappa shape index (κ2) is 10.8. The van der Waals surface area contributed by atoms with Crippen molar-refractivity contribution >= 4 is 51.0 Å². The molecule has 6 aromatic rings. The largest absolute Gasteiger partial charge is 0.361 e. The van der Waals surface area contributed by atoms with Crippen molar-refractivity contribution in [3.63, 3.8) is 0 Å². The number of hydrogen-bond donors (Lipinski definition) is 1. The van der Waals surface area contributed by atoms with E-state index >= 15 is 0 Å². The fourth-order valence-electron chi connectivity index (χ4n) is 7.20. The zero-order chi connectivity index (χ0) is 30.5. The highest BCUT2D eigenvalue weighted by Crippen LogP contribution is 2.39. The minimum absolute atomic E-state index is 0.109. The molecule has 0 saturated carbocycles. The van der Waals surface area contributed by atoms with Crippen LogP contribution in [0.15, 0.2) is 157 Å². The van der Waals surface area contributed by atoms with Crippen molar-refractivity contribution in [2.45, 2.75) is 12.3 Å². The van der Waals surface area contributed by atoms with Gasteiger partial charge >= 0.3 is 0 Å². The molecule has 2 heterocycles. The van der Waals surface area contributed by atoms with Crippen molar-refractivity contribution in [2.75, 3.05) is 0 Å². The summed E-state index contributed by atoms with van der Waals surface area (Å²) in [6.07, 6.45) is 14.1. The van der Waals surface area contributed by atoms with Gasteiger partial charge in [-0.25, -0.2) is 0 Å². The summed E-state index contributed by atoms with van der Waals surface area (Å²) in [6.45, 7) is 0. The molecule has 4 aromatic carbocycles. The number of nitrogens with zero attached hydrogens (tertiary/aromatic N) is 1. The number of H-pyrrole nitrogens is 1. The minimum atomic E-state index is 0.109. The maximum absolute atomic E-state index is 3.73. The lowest BCUT2D eigenvalue weighted by Gasteiger charge is -2.18. The quantitative estimate of drug-likeness (QED) is 0.195. The Morgan fingerprint density at radius 2 is 1.43 bits per heavy atom. The van der Waals surface area contributed by atoms with Crippen LogP contribution < -0.4 is 10.4 Å². The maximum Gasteiger partial charge on any atom is 0.0548 e. The van der Waals surface area contributed by atoms with E-state index in [2.05, 4.69) is 167 Å². The zero-order valence-corrected chi connectivity index (χ0v) is 25.2. The molecule has 0 unspecified atom stereocenters. The Hall–Kier alpha value is -6.04. The summed E-state index contributed by atoms with van der Waals surface area (Å²) in [5, 5.41) is 4.86. The predicted octanol–water partition coefficient (Wildman–Crippen LogP) is 8.84. The molecule has 0 aliphatic heterocycles. The van der Waals surface area contributed by atoms with E-state index in [4.69, 9.17) is 0 Å². The summed E-state index contributed by atoms with van der Waals surface area (Å²) in [5.41, 5.74) is 19.4. The van der Waals surface area contributed by atoms with Gasteiger partial charge in [0.2, 0.25) is 0 Å². The molecule has 46 heavy (non-hydrogen) atoms. The van der Waals surface area contributed by atoms with Gasteiger partial charge in [0.05, 0.1) is 16.7 Å². The summed E-state index contributed by atoms with van der Waals surface area (Å²) in [7, 11) is 0. The van der Waals surface area contributed by atoms with Gasteiger partial charge in [0, 0.05) is 51.0 Å². The lowest BCUT2D eigenvalue weighted by Crippen LogP contribution is -2.23. The smallest absolute Gasteiger partial charge is 0.0548 e. The summed E-state index contributed by atoms with van der Waals surface area (Å²) < 4.78 is 2.39. The van der Waals surface area contributed by atoms with Gasteiger partial charge < -0.3 is 9.55 Å². The van der Waals surface area contributed by atoms with E-state index in [1.165, 1.54) is 54.9 Å². The van der Waals surface area contributed by atoms with Gasteiger partial charge in [-0.3, -0.25) is 0 Å². The summed E-state index contributed by atoms with van der Waals surface area (Å²) in [5.74, 6) is 0.109. The van der Waals surface area contributed by atoms with Crippen LogP contribution in [0.1, 0.15) is 33.9 Å². The average Bonchev–Trinajstić information content (AvgIpc) is 3.90. The molecular formula is C44H30N2. The van der Waals surface area contributed by atoms with E-state index in [0.717, 1.165) is 28.6 Å². The summed E-state index contributed by atoms with van der Waals surface area (Å²) in [6, 6.07) is 43.4. The molecule has 216 valence electrons. The standard InChI is InChI=1S/C44H30N2/c1-3-12-30(13-4-1)44(31-14-5-2-6-15-31)34-21-23-36(27-34)46-42-20-8-7-17-38(42)40-28-32(22-24-43(40)46)35-26-33-16-9-10-25-45-41-19-11-18-37(41)39(33)29-35/h1-17,19-20,22-25,27-29,44-45H,18H2. The monoisotopic (exact) mass is 586 g/mol. The van der Waals surface area contributed by atoms with Crippen molar-refractivity contribution in [2.24, 2.45) is 0 Å². The molecular weight excluding hydrogens is 556 g/mol. The van der Waals surface area contributed by atoms with Crippen LogP contribution in [0.3, 0.4) is 0 Å². The molecule has 0 spiro atoms. The Morgan fingerprint density at radius 1 is 0.696 bits per heavy atom. The Morgan fingerprint density at radius 3 is 2.26 bits per heavy atom. The number of aromatic amines is 1. The normalized spacial score (nSPS) is 14.1. The Kier molecular flexibility index (Phi) is 6.21. The number of allylic oxidation sites excluding steroid dienone is 5. The van der Waals surface area contributed by atoms with Crippen molar-refractivity contribution < 1.29 is 0 Å². The van der Waals surface area contributed by atoms with Gasteiger partial charge in [0.1, 0.15) is 0 Å². The number of para-hydroxylation sites is 1. The lowest BCUT2D eigenvalue weighted by atomic mass is 9.85.